The van der Waals surface area contributed by atoms with Crippen molar-refractivity contribution in [2.75, 3.05) is 19.4 Å². The number of carbonyl (C=O) groups is 1. The molecule has 5 nitrogen and oxygen atoms in total. The third kappa shape index (κ3) is 2.82. The third-order valence-corrected chi connectivity index (χ3v) is 6.31. The molecule has 2 aliphatic carbocycles. The van der Waals surface area contributed by atoms with Crippen LogP contribution < -0.4 is 5.32 Å². The topological polar surface area (TPSA) is 66.5 Å². The summed E-state index contributed by atoms with van der Waals surface area (Å²) >= 11 is 0. The standard InChI is InChI=1S/C15H20N2O3S/c1-17(2)21(19,20)14-5-3-4-13(9-14)16-15(18)12-7-10-6-11(10)8-12/h3-5,9-12H,6-8H2,1-2H3,(H,16,18). The highest BCUT2D eigenvalue weighted by molar-refractivity contribution is 7.89. The number of carbonyl (C=O) groups excluding carboxylic acids is 1. The number of rotatable bonds is 4. The Bertz CT molecular complexity index is 659. The van der Waals surface area contributed by atoms with Gasteiger partial charge in [-0.25, -0.2) is 12.7 Å². The Balaban J connectivity index is 1.73. The van der Waals surface area contributed by atoms with Gasteiger partial charge in [-0.1, -0.05) is 6.07 Å². The molecule has 1 N–H and O–H groups in total. The van der Waals surface area contributed by atoms with Crippen molar-refractivity contribution in [3.05, 3.63) is 24.3 Å². The number of fused-ring (bicyclic) bond motifs is 1. The van der Waals surface area contributed by atoms with Crippen molar-refractivity contribution in [2.24, 2.45) is 17.8 Å². The first-order valence-corrected chi connectivity index (χ1v) is 8.65. The van der Waals surface area contributed by atoms with E-state index in [-0.39, 0.29) is 16.7 Å². The number of benzene rings is 1. The Hall–Kier alpha value is -1.40. The van der Waals surface area contributed by atoms with Gasteiger partial charge in [0.2, 0.25) is 15.9 Å². The second-order valence-electron chi connectivity index (χ2n) is 6.23. The molecule has 6 heteroatoms. The van der Waals surface area contributed by atoms with Crippen molar-refractivity contribution >= 4 is 21.6 Å². The van der Waals surface area contributed by atoms with Gasteiger partial charge in [0.1, 0.15) is 0 Å². The molecular formula is C15H20N2O3S. The van der Waals surface area contributed by atoms with Crippen molar-refractivity contribution in [1.82, 2.24) is 4.31 Å². The van der Waals surface area contributed by atoms with Gasteiger partial charge in [0, 0.05) is 25.7 Å². The van der Waals surface area contributed by atoms with Crippen LogP contribution in [-0.4, -0.2) is 32.7 Å². The van der Waals surface area contributed by atoms with E-state index in [1.807, 2.05) is 0 Å². The van der Waals surface area contributed by atoms with Gasteiger partial charge < -0.3 is 5.32 Å². The number of sulfonamides is 1. The van der Waals surface area contributed by atoms with Gasteiger partial charge >= 0.3 is 0 Å². The maximum absolute atomic E-state index is 12.2. The Morgan fingerprint density at radius 3 is 2.48 bits per heavy atom. The highest BCUT2D eigenvalue weighted by atomic mass is 32.2. The van der Waals surface area contributed by atoms with E-state index < -0.39 is 10.0 Å². The molecule has 0 aliphatic heterocycles. The minimum absolute atomic E-state index is 0.0154. The lowest BCUT2D eigenvalue weighted by molar-refractivity contribution is -0.120. The Labute approximate surface area is 125 Å². The molecule has 1 amide bonds. The first kappa shape index (κ1) is 14.5. The minimum atomic E-state index is -3.47. The first-order valence-electron chi connectivity index (χ1n) is 7.21. The van der Waals surface area contributed by atoms with Crippen LogP contribution in [0, 0.1) is 17.8 Å². The Kier molecular flexibility index (Phi) is 3.53. The largest absolute Gasteiger partial charge is 0.326 e. The van der Waals surface area contributed by atoms with Crippen LogP contribution in [0.5, 0.6) is 0 Å². The molecule has 1 aromatic carbocycles. The van der Waals surface area contributed by atoms with Crippen LogP contribution in [0.4, 0.5) is 5.69 Å². The molecule has 114 valence electrons. The quantitative estimate of drug-likeness (QED) is 0.924. The Morgan fingerprint density at radius 1 is 1.19 bits per heavy atom. The van der Waals surface area contributed by atoms with E-state index in [1.54, 1.807) is 12.1 Å². The third-order valence-electron chi connectivity index (χ3n) is 4.49. The summed E-state index contributed by atoms with van der Waals surface area (Å²) in [5.41, 5.74) is 0.545. The molecule has 3 rings (SSSR count). The molecule has 2 aliphatic rings. The van der Waals surface area contributed by atoms with Gasteiger partial charge in [-0.15, -0.1) is 0 Å². The molecule has 2 fully saturated rings. The first-order chi connectivity index (χ1) is 9.88. The van der Waals surface area contributed by atoms with Crippen LogP contribution in [0.2, 0.25) is 0 Å². The van der Waals surface area contributed by atoms with Crippen LogP contribution in [0.25, 0.3) is 0 Å². The predicted octanol–water partition coefficient (Wildman–Crippen LogP) is 1.92. The second kappa shape index (κ2) is 5.10. The highest BCUT2D eigenvalue weighted by Crippen LogP contribution is 2.54. The zero-order valence-corrected chi connectivity index (χ0v) is 13.1. The fraction of sp³-hybridized carbons (Fsp3) is 0.533. The van der Waals surface area contributed by atoms with E-state index in [1.165, 1.54) is 37.0 Å². The van der Waals surface area contributed by atoms with Gasteiger partial charge in [0.05, 0.1) is 4.90 Å². The Morgan fingerprint density at radius 2 is 1.86 bits per heavy atom. The average Bonchev–Trinajstić information content (AvgIpc) is 3.05. The summed E-state index contributed by atoms with van der Waals surface area (Å²) in [6, 6.07) is 6.43. The summed E-state index contributed by atoms with van der Waals surface area (Å²) in [4.78, 5) is 12.4. The molecule has 0 aromatic heterocycles. The molecular weight excluding hydrogens is 288 g/mol. The molecule has 0 radical (unpaired) electrons. The van der Waals surface area contributed by atoms with Crippen molar-refractivity contribution in [3.63, 3.8) is 0 Å². The number of amides is 1. The summed E-state index contributed by atoms with van der Waals surface area (Å²) in [6.07, 6.45) is 3.23. The van der Waals surface area contributed by atoms with E-state index >= 15 is 0 Å². The van der Waals surface area contributed by atoms with E-state index in [4.69, 9.17) is 0 Å². The number of nitrogens with zero attached hydrogens (tertiary/aromatic N) is 1. The smallest absolute Gasteiger partial charge is 0.242 e. The number of nitrogens with one attached hydrogen (secondary N) is 1. The van der Waals surface area contributed by atoms with Crippen LogP contribution >= 0.6 is 0 Å². The number of anilines is 1. The lowest BCUT2D eigenvalue weighted by Gasteiger charge is -2.14. The molecule has 0 spiro atoms. The molecule has 2 saturated carbocycles. The van der Waals surface area contributed by atoms with Gasteiger partial charge in [0.25, 0.3) is 0 Å². The van der Waals surface area contributed by atoms with Gasteiger partial charge in [-0.2, -0.15) is 0 Å². The zero-order valence-electron chi connectivity index (χ0n) is 12.2. The van der Waals surface area contributed by atoms with Crippen molar-refractivity contribution < 1.29 is 13.2 Å². The van der Waals surface area contributed by atoms with E-state index in [9.17, 15) is 13.2 Å². The lowest BCUT2D eigenvalue weighted by atomic mass is 10.0. The SMILES string of the molecule is CN(C)S(=O)(=O)c1cccc(NC(=O)C2CC3CC3C2)c1. The fourth-order valence-electron chi connectivity index (χ4n) is 3.12. The molecule has 21 heavy (non-hydrogen) atoms. The summed E-state index contributed by atoms with van der Waals surface area (Å²) < 4.78 is 25.3. The van der Waals surface area contributed by atoms with Gasteiger partial charge in [-0.3, -0.25) is 4.79 Å². The second-order valence-corrected chi connectivity index (χ2v) is 8.38. The van der Waals surface area contributed by atoms with Crippen molar-refractivity contribution in [3.8, 4) is 0 Å². The van der Waals surface area contributed by atoms with Gasteiger partial charge in [-0.05, 0) is 49.3 Å². The molecule has 1 aromatic rings. The van der Waals surface area contributed by atoms with E-state index in [0.717, 1.165) is 24.7 Å². The summed E-state index contributed by atoms with van der Waals surface area (Å²) in [5, 5.41) is 2.85. The highest BCUT2D eigenvalue weighted by Gasteiger charge is 2.47. The maximum atomic E-state index is 12.2. The lowest BCUT2D eigenvalue weighted by Crippen LogP contribution is -2.23. The summed E-state index contributed by atoms with van der Waals surface area (Å²) in [5.74, 6) is 1.60. The molecule has 2 atom stereocenters. The number of hydrogen-bond donors (Lipinski definition) is 1. The van der Waals surface area contributed by atoms with Crippen LogP contribution in [-0.2, 0) is 14.8 Å². The average molecular weight is 308 g/mol. The molecule has 2 unspecified atom stereocenters. The minimum Gasteiger partial charge on any atom is -0.326 e. The van der Waals surface area contributed by atoms with Crippen LogP contribution in [0.3, 0.4) is 0 Å². The van der Waals surface area contributed by atoms with Crippen molar-refractivity contribution in [2.45, 2.75) is 24.2 Å². The predicted molar refractivity (Wildman–Crippen MR) is 80.3 cm³/mol. The number of hydrogen-bond acceptors (Lipinski definition) is 3. The van der Waals surface area contributed by atoms with Crippen LogP contribution in [0.1, 0.15) is 19.3 Å². The van der Waals surface area contributed by atoms with Gasteiger partial charge in [0.15, 0.2) is 0 Å². The normalized spacial score (nSPS) is 27.5. The maximum Gasteiger partial charge on any atom is 0.242 e. The monoisotopic (exact) mass is 308 g/mol. The summed E-state index contributed by atoms with van der Waals surface area (Å²) in [7, 11) is -0.491. The van der Waals surface area contributed by atoms with E-state index in [0.29, 0.717) is 5.69 Å². The van der Waals surface area contributed by atoms with Crippen LogP contribution in [0.15, 0.2) is 29.2 Å². The zero-order chi connectivity index (χ0) is 15.2. The summed E-state index contributed by atoms with van der Waals surface area (Å²) in [6.45, 7) is 0. The molecule has 0 heterocycles. The molecule has 0 bridgehead atoms. The fourth-order valence-corrected chi connectivity index (χ4v) is 4.07. The van der Waals surface area contributed by atoms with E-state index in [2.05, 4.69) is 5.32 Å². The molecule has 0 saturated heterocycles. The van der Waals surface area contributed by atoms with Crippen molar-refractivity contribution in [1.29, 1.82) is 0 Å².